The summed E-state index contributed by atoms with van der Waals surface area (Å²) in [6, 6.07) is 26.2. The Morgan fingerprint density at radius 3 is 1.30 bits per heavy atom. The Kier molecular flexibility index (Phi) is 4.66. The topological polar surface area (TPSA) is 110 Å². The highest BCUT2D eigenvalue weighted by atomic mass is 16.6. The lowest BCUT2D eigenvalue weighted by atomic mass is 9.95. The molecule has 7 nitrogen and oxygen atoms in total. The molecule has 5 aromatic carbocycles. The Labute approximate surface area is 170 Å². The second kappa shape index (κ2) is 7.45. The predicted molar refractivity (Wildman–Crippen MR) is 115 cm³/mol. The first-order chi connectivity index (χ1) is 14.5. The van der Waals surface area contributed by atoms with Crippen LogP contribution in [0.2, 0.25) is 0 Å². The van der Waals surface area contributed by atoms with E-state index < -0.39 is 21.2 Å². The van der Waals surface area contributed by atoms with Crippen LogP contribution in [0.5, 0.6) is 0 Å². The van der Waals surface area contributed by atoms with Crippen LogP contribution in [-0.4, -0.2) is 9.85 Å². The van der Waals surface area contributed by atoms with Gasteiger partial charge in [-0.25, -0.2) is 0 Å². The number of nitro benzene ring substituents is 2. The van der Waals surface area contributed by atoms with E-state index in [1.54, 1.807) is 6.07 Å². The molecule has 0 saturated heterocycles. The molecular weight excluding hydrogens is 382 g/mol. The Morgan fingerprint density at radius 1 is 0.633 bits per heavy atom. The number of rotatable bonds is 2. The first-order valence-corrected chi connectivity index (χ1v) is 8.94. The number of hydrogen-bond donors (Lipinski definition) is 0. The van der Waals surface area contributed by atoms with Crippen molar-refractivity contribution in [2.24, 2.45) is 0 Å². The first-order valence-electron chi connectivity index (χ1n) is 8.94. The summed E-state index contributed by atoms with van der Waals surface area (Å²) in [5, 5.41) is 37.2. The summed E-state index contributed by atoms with van der Waals surface area (Å²) in [5.74, 6) is 0. The number of nitrogens with zero attached hydrogens (tertiary/aromatic N) is 3. The fourth-order valence-corrected chi connectivity index (χ4v) is 3.54. The second-order valence-corrected chi connectivity index (χ2v) is 6.65. The Balaban J connectivity index is 0.000000147. The number of benzene rings is 5. The van der Waals surface area contributed by atoms with Crippen LogP contribution >= 0.6 is 0 Å². The zero-order valence-corrected chi connectivity index (χ0v) is 15.5. The van der Waals surface area contributed by atoms with E-state index in [-0.39, 0.29) is 5.56 Å². The molecule has 0 spiro atoms. The van der Waals surface area contributed by atoms with Crippen molar-refractivity contribution in [1.29, 1.82) is 5.26 Å². The Hall–Kier alpha value is -4.57. The highest BCUT2D eigenvalue weighted by molar-refractivity contribution is 6.22. The van der Waals surface area contributed by atoms with Crippen molar-refractivity contribution in [2.45, 2.75) is 0 Å². The molecule has 0 bridgehead atoms. The molecule has 0 fully saturated rings. The molecule has 0 radical (unpaired) electrons. The van der Waals surface area contributed by atoms with Crippen LogP contribution in [0.4, 0.5) is 11.4 Å². The summed E-state index contributed by atoms with van der Waals surface area (Å²) in [5.41, 5.74) is -1.03. The average Bonchev–Trinajstić information content (AvgIpc) is 2.77. The van der Waals surface area contributed by atoms with Gasteiger partial charge in [-0.15, -0.1) is 0 Å². The van der Waals surface area contributed by atoms with E-state index in [1.165, 1.54) is 32.3 Å². The molecule has 0 aromatic heterocycles. The highest BCUT2D eigenvalue weighted by Gasteiger charge is 2.15. The summed E-state index contributed by atoms with van der Waals surface area (Å²) in [4.78, 5) is 19.1. The van der Waals surface area contributed by atoms with Gasteiger partial charge in [0.15, 0.2) is 0 Å². The monoisotopic (exact) mass is 395 g/mol. The molecule has 0 aliphatic heterocycles. The van der Waals surface area contributed by atoms with Crippen LogP contribution in [-0.2, 0) is 0 Å². The lowest BCUT2D eigenvalue weighted by molar-refractivity contribution is -0.394. The zero-order chi connectivity index (χ0) is 21.3. The Morgan fingerprint density at radius 2 is 1.00 bits per heavy atom. The molecule has 0 atom stereocenters. The van der Waals surface area contributed by atoms with Crippen molar-refractivity contribution in [3.05, 3.63) is 105 Å². The van der Waals surface area contributed by atoms with Gasteiger partial charge in [0, 0.05) is 12.1 Å². The molecule has 0 saturated carbocycles. The second-order valence-electron chi connectivity index (χ2n) is 6.65. The summed E-state index contributed by atoms with van der Waals surface area (Å²) in [6.07, 6.45) is 0. The number of nitriles is 1. The van der Waals surface area contributed by atoms with Gasteiger partial charge < -0.3 is 0 Å². The molecule has 0 unspecified atom stereocenters. The summed E-state index contributed by atoms with van der Waals surface area (Å²) >= 11 is 0. The first kappa shape index (κ1) is 18.8. The molecule has 0 aliphatic carbocycles. The minimum Gasteiger partial charge on any atom is -0.258 e. The maximum atomic E-state index is 10.3. The van der Waals surface area contributed by atoms with E-state index in [0.29, 0.717) is 0 Å². The van der Waals surface area contributed by atoms with Crippen molar-refractivity contribution in [2.75, 3.05) is 0 Å². The number of nitro groups is 2. The maximum Gasteiger partial charge on any atom is 0.277 e. The Bertz CT molecular complexity index is 1310. The molecule has 30 heavy (non-hydrogen) atoms. The zero-order valence-electron chi connectivity index (χ0n) is 15.5. The van der Waals surface area contributed by atoms with Gasteiger partial charge in [0.25, 0.3) is 11.4 Å². The highest BCUT2D eigenvalue weighted by Crippen LogP contribution is 2.33. The third kappa shape index (κ3) is 3.34. The smallest absolute Gasteiger partial charge is 0.258 e. The predicted octanol–water partition coefficient (Wildman–Crippen LogP) is 5.96. The van der Waals surface area contributed by atoms with Gasteiger partial charge in [-0.05, 0) is 32.3 Å². The van der Waals surface area contributed by atoms with Crippen molar-refractivity contribution >= 4 is 43.7 Å². The third-order valence-electron chi connectivity index (χ3n) is 4.85. The van der Waals surface area contributed by atoms with E-state index in [2.05, 4.69) is 60.7 Å². The van der Waals surface area contributed by atoms with Gasteiger partial charge in [0.05, 0.1) is 27.5 Å². The molecule has 5 rings (SSSR count). The van der Waals surface area contributed by atoms with Crippen molar-refractivity contribution < 1.29 is 9.85 Å². The van der Waals surface area contributed by atoms with E-state index in [4.69, 9.17) is 5.26 Å². The van der Waals surface area contributed by atoms with Gasteiger partial charge in [-0.3, -0.25) is 20.2 Å². The third-order valence-corrected chi connectivity index (χ3v) is 4.85. The van der Waals surface area contributed by atoms with Crippen molar-refractivity contribution in [1.82, 2.24) is 0 Å². The fourth-order valence-electron chi connectivity index (χ4n) is 3.54. The van der Waals surface area contributed by atoms with Crippen molar-refractivity contribution in [3.63, 3.8) is 0 Å². The largest absolute Gasteiger partial charge is 0.277 e. The molecule has 0 heterocycles. The van der Waals surface area contributed by atoms with Crippen LogP contribution < -0.4 is 0 Å². The fraction of sp³-hybridized carbons (Fsp3) is 0. The van der Waals surface area contributed by atoms with E-state index in [0.717, 1.165) is 18.2 Å². The average molecular weight is 395 g/mol. The summed E-state index contributed by atoms with van der Waals surface area (Å²) in [7, 11) is 0. The van der Waals surface area contributed by atoms with Gasteiger partial charge in [-0.1, -0.05) is 60.7 Å². The van der Waals surface area contributed by atoms with Crippen LogP contribution in [0.15, 0.2) is 78.9 Å². The molecular formula is C23H13N3O4. The maximum absolute atomic E-state index is 10.3. The van der Waals surface area contributed by atoms with Crippen LogP contribution in [0.3, 0.4) is 0 Å². The minimum absolute atomic E-state index is 0.106. The van der Waals surface area contributed by atoms with Gasteiger partial charge >= 0.3 is 0 Å². The lowest BCUT2D eigenvalue weighted by Crippen LogP contribution is -1.93. The van der Waals surface area contributed by atoms with Gasteiger partial charge in [0.2, 0.25) is 0 Å². The summed E-state index contributed by atoms with van der Waals surface area (Å²) < 4.78 is 0. The molecule has 144 valence electrons. The molecule has 0 aliphatic rings. The number of non-ortho nitro benzene ring substituents is 2. The van der Waals surface area contributed by atoms with Crippen LogP contribution in [0.1, 0.15) is 5.56 Å². The van der Waals surface area contributed by atoms with Gasteiger partial charge in [-0.2, -0.15) is 5.26 Å². The molecule has 0 N–H and O–H groups in total. The standard InChI is InChI=1S/C16H10.C7H3N3O4/c1-3-11-7-9-13-5-2-6-14-10-8-12(4-1)15(11)16(13)14;8-4-5-1-6(9(11)12)3-7(2-5)10(13)14/h1-10H;1-3H. The SMILES string of the molecule is N#Cc1cc([N+](=O)[O-])cc([N+](=O)[O-])c1.c1cc2ccc3cccc4ccc(c1)c2c34. The number of hydrogen-bond acceptors (Lipinski definition) is 5. The van der Waals surface area contributed by atoms with E-state index in [1.807, 2.05) is 0 Å². The lowest BCUT2D eigenvalue weighted by Gasteiger charge is -2.09. The van der Waals surface area contributed by atoms with Crippen molar-refractivity contribution in [3.8, 4) is 6.07 Å². The minimum atomic E-state index is -0.784. The quantitative estimate of drug-likeness (QED) is 0.208. The van der Waals surface area contributed by atoms with Crippen LogP contribution in [0.25, 0.3) is 32.3 Å². The van der Waals surface area contributed by atoms with E-state index >= 15 is 0 Å². The summed E-state index contributed by atoms with van der Waals surface area (Å²) in [6.45, 7) is 0. The van der Waals surface area contributed by atoms with Gasteiger partial charge in [0.1, 0.15) is 0 Å². The van der Waals surface area contributed by atoms with Crippen LogP contribution in [0, 0.1) is 31.6 Å². The molecule has 5 aromatic rings. The molecule has 7 heteroatoms. The molecule has 0 amide bonds. The normalized spacial score (nSPS) is 10.5. The van der Waals surface area contributed by atoms with E-state index in [9.17, 15) is 20.2 Å².